The van der Waals surface area contributed by atoms with Crippen molar-refractivity contribution in [2.24, 2.45) is 0 Å². The van der Waals surface area contributed by atoms with Crippen LogP contribution in [0, 0.1) is 0 Å². The van der Waals surface area contributed by atoms with Crippen LogP contribution in [-0.2, 0) is 0 Å². The minimum Gasteiger partial charge on any atom is -0.0616 e. The van der Waals surface area contributed by atoms with Crippen LogP contribution in [0.4, 0.5) is 0 Å². The first-order chi connectivity index (χ1) is 38.1. The zero-order valence-corrected chi connectivity index (χ0v) is 25.0. The molecule has 232 valence electrons. The number of benzene rings is 10. The third-order valence-corrected chi connectivity index (χ3v) is 7.94. The standard InChI is InChI=1S/C50H32/c1-3-14-36-29-39(25-23-33(36)11-1)38-17-9-18-41(31-38)50-46-21-8-7-20-45(46)49(42-26-24-34-12-2-4-15-37(34)30-42)47-28-27-40(32-48(47)50)44-22-10-16-35-13-5-6-19-43(35)44/h1-32H/i1D,2D,3D,4D,5D,6D,7D,8D,9D,10D,11D,12D,13D,14D,15D,16D,17D,18D,19D,20D,21D,22D,23D,24D,25D,26D,27D,28D,29D,30D,31D,32D. The Morgan fingerprint density at radius 3 is 1.44 bits per heavy atom. The van der Waals surface area contributed by atoms with Crippen LogP contribution in [0.2, 0.25) is 0 Å². The molecular formula is C50H32. The van der Waals surface area contributed by atoms with E-state index in [0.29, 0.717) is 0 Å². The van der Waals surface area contributed by atoms with Gasteiger partial charge in [0.15, 0.2) is 0 Å². The van der Waals surface area contributed by atoms with Crippen molar-refractivity contribution in [1.29, 1.82) is 0 Å². The summed E-state index contributed by atoms with van der Waals surface area (Å²) in [5.41, 5.74) is -7.49. The van der Waals surface area contributed by atoms with Gasteiger partial charge in [0.2, 0.25) is 0 Å². The molecule has 0 saturated heterocycles. The Balaban J connectivity index is 1.58. The number of hydrogen-bond donors (Lipinski definition) is 0. The zero-order chi connectivity index (χ0) is 60.9. The minimum atomic E-state index is -1.21. The van der Waals surface area contributed by atoms with Crippen LogP contribution in [0.1, 0.15) is 43.9 Å². The predicted molar refractivity (Wildman–Crippen MR) is 216 cm³/mol. The highest BCUT2D eigenvalue weighted by atomic mass is 14.2. The lowest BCUT2D eigenvalue weighted by Gasteiger charge is -2.20. The van der Waals surface area contributed by atoms with Gasteiger partial charge in [-0.25, -0.2) is 0 Å². The molecule has 0 aliphatic carbocycles. The fourth-order valence-electron chi connectivity index (χ4n) is 5.75. The largest absolute Gasteiger partial charge is 0.0636 e. The van der Waals surface area contributed by atoms with E-state index < -0.39 is 292 Å². The molecule has 0 aliphatic rings. The van der Waals surface area contributed by atoms with Gasteiger partial charge < -0.3 is 0 Å². The first kappa shape index (κ1) is 11.0. The van der Waals surface area contributed by atoms with Crippen molar-refractivity contribution >= 4 is 53.9 Å². The molecule has 0 atom stereocenters. The number of hydrogen-bond acceptors (Lipinski definition) is 0. The Morgan fingerprint density at radius 2 is 0.700 bits per heavy atom. The summed E-state index contributed by atoms with van der Waals surface area (Å²) in [7, 11) is 0. The Kier molecular flexibility index (Phi) is 2.55. The van der Waals surface area contributed by atoms with Crippen LogP contribution in [0.3, 0.4) is 0 Å². The van der Waals surface area contributed by atoms with Crippen LogP contribution in [0.5, 0.6) is 0 Å². The van der Waals surface area contributed by atoms with Gasteiger partial charge in [0.1, 0.15) is 0 Å². The highest BCUT2D eigenvalue weighted by Gasteiger charge is 2.19. The molecule has 10 aromatic rings. The zero-order valence-electron chi connectivity index (χ0n) is 57.0. The van der Waals surface area contributed by atoms with Gasteiger partial charge >= 0.3 is 0 Å². The maximum absolute atomic E-state index is 10.3. The minimum absolute atomic E-state index is 0.626. The van der Waals surface area contributed by atoms with Crippen LogP contribution < -0.4 is 0 Å². The van der Waals surface area contributed by atoms with Crippen LogP contribution in [0.15, 0.2) is 193 Å². The topological polar surface area (TPSA) is 0 Å². The van der Waals surface area contributed by atoms with Crippen LogP contribution in [0.25, 0.3) is 98.4 Å². The number of rotatable bonds is 4. The van der Waals surface area contributed by atoms with Crippen LogP contribution >= 0.6 is 0 Å². The van der Waals surface area contributed by atoms with Gasteiger partial charge in [-0.2, -0.15) is 0 Å². The molecule has 0 radical (unpaired) electrons. The van der Waals surface area contributed by atoms with E-state index in [9.17, 15) is 20.6 Å². The van der Waals surface area contributed by atoms with Crippen molar-refractivity contribution in [2.45, 2.75) is 0 Å². The lowest BCUT2D eigenvalue weighted by molar-refractivity contribution is 1.62. The second-order valence-electron chi connectivity index (χ2n) is 10.8. The van der Waals surface area contributed by atoms with E-state index >= 15 is 0 Å². The van der Waals surface area contributed by atoms with E-state index in [0.717, 1.165) is 0 Å². The molecule has 0 unspecified atom stereocenters. The summed E-state index contributed by atoms with van der Waals surface area (Å²) in [6.07, 6.45) is 0. The molecule has 10 aromatic carbocycles. The maximum atomic E-state index is 10.3. The van der Waals surface area contributed by atoms with Crippen molar-refractivity contribution in [1.82, 2.24) is 0 Å². The summed E-state index contributed by atoms with van der Waals surface area (Å²) in [6, 6.07) is -32.8. The summed E-state index contributed by atoms with van der Waals surface area (Å²) in [5, 5.41) is -7.82. The first-order valence-electron chi connectivity index (χ1n) is 30.8. The molecule has 0 nitrogen and oxygen atoms in total. The molecule has 0 spiro atoms. The predicted octanol–water partition coefficient (Wildman–Crippen LogP) is 14.1. The highest BCUT2D eigenvalue weighted by molar-refractivity contribution is 6.22. The molecular weight excluding hydrogens is 601 g/mol. The van der Waals surface area contributed by atoms with Gasteiger partial charge in [-0.15, -0.1) is 0 Å². The van der Waals surface area contributed by atoms with Crippen LogP contribution in [-0.4, -0.2) is 0 Å². The molecule has 0 saturated carbocycles. The maximum Gasteiger partial charge on any atom is 0.0636 e. The average Bonchev–Trinajstić information content (AvgIpc) is 2.35. The van der Waals surface area contributed by atoms with E-state index in [4.69, 9.17) is 23.3 Å². The van der Waals surface area contributed by atoms with E-state index in [2.05, 4.69) is 0 Å². The number of fused-ring (bicyclic) bond motifs is 5. The molecule has 0 N–H and O–H groups in total. The Morgan fingerprint density at radius 1 is 0.240 bits per heavy atom. The fourth-order valence-corrected chi connectivity index (χ4v) is 5.75. The normalized spacial score (nSPS) is 20.6. The van der Waals surface area contributed by atoms with E-state index in [1.54, 1.807) is 0 Å². The van der Waals surface area contributed by atoms with Gasteiger partial charge in [-0.3, -0.25) is 0 Å². The molecule has 0 aliphatic heterocycles. The third-order valence-electron chi connectivity index (χ3n) is 7.94. The van der Waals surface area contributed by atoms with Crippen molar-refractivity contribution in [3.05, 3.63) is 193 Å². The van der Waals surface area contributed by atoms with Gasteiger partial charge in [0.25, 0.3) is 0 Å². The van der Waals surface area contributed by atoms with Crippen molar-refractivity contribution < 1.29 is 43.9 Å². The summed E-state index contributed by atoms with van der Waals surface area (Å²) < 4.78 is 291. The second kappa shape index (κ2) is 11.6. The van der Waals surface area contributed by atoms with Gasteiger partial charge in [-0.1, -0.05) is 169 Å². The fraction of sp³-hybridized carbons (Fsp3) is 0. The van der Waals surface area contributed by atoms with Crippen molar-refractivity contribution in [3.63, 3.8) is 0 Å². The Labute approximate surface area is 336 Å². The Bertz CT molecular complexity index is 4750. The monoisotopic (exact) mass is 664 g/mol. The van der Waals surface area contributed by atoms with Crippen molar-refractivity contribution in [3.8, 4) is 44.5 Å². The molecule has 0 fully saturated rings. The molecule has 0 heterocycles. The van der Waals surface area contributed by atoms with E-state index in [1.165, 1.54) is 0 Å². The molecule has 10 rings (SSSR count). The summed E-state index contributed by atoms with van der Waals surface area (Å²) in [4.78, 5) is 0. The second-order valence-corrected chi connectivity index (χ2v) is 10.8. The van der Waals surface area contributed by atoms with E-state index in [-0.39, 0.29) is 0 Å². The quantitative estimate of drug-likeness (QED) is 0.164. The molecule has 0 bridgehead atoms. The van der Waals surface area contributed by atoms with Crippen molar-refractivity contribution in [2.75, 3.05) is 0 Å². The molecule has 0 heteroatoms. The molecule has 0 aromatic heterocycles. The van der Waals surface area contributed by atoms with E-state index in [1.807, 2.05) is 0 Å². The summed E-state index contributed by atoms with van der Waals surface area (Å²) >= 11 is 0. The third kappa shape index (κ3) is 4.69. The summed E-state index contributed by atoms with van der Waals surface area (Å²) in [5.74, 6) is 0. The SMILES string of the molecule is [2H]c1c([2H])c(-c2c([2H])c([2H])c3c([2H])c([2H])c([2H])c([2H])c3c2[2H])c([2H])c(-c2c3c([2H])c([2H])c([2H])c([2H])c3c(-c3c([2H])c([2H])c4c([2H])c([2H])c([2H])c([2H])c4c3[2H])c3c([2H])c([2H])c(-c4c([2H])c([2H])c([2H])c5c([2H])c([2H])c([2H])c([2H])c45)c([2H])c23)c1[2H]. The molecule has 0 amide bonds. The Hall–Kier alpha value is -6.50. The van der Waals surface area contributed by atoms with Gasteiger partial charge in [-0.05, 0) is 123 Å². The smallest absolute Gasteiger partial charge is 0.0616 e. The molecule has 50 heavy (non-hydrogen) atoms. The lowest BCUT2D eigenvalue weighted by Crippen LogP contribution is -1.92. The van der Waals surface area contributed by atoms with Gasteiger partial charge in [0.05, 0.1) is 43.9 Å². The average molecular weight is 665 g/mol. The highest BCUT2D eigenvalue weighted by Crippen LogP contribution is 2.46. The van der Waals surface area contributed by atoms with Gasteiger partial charge in [0, 0.05) is 0 Å². The first-order valence-corrected chi connectivity index (χ1v) is 14.8. The summed E-state index contributed by atoms with van der Waals surface area (Å²) in [6.45, 7) is 0. The lowest BCUT2D eigenvalue weighted by atomic mass is 9.83.